The van der Waals surface area contributed by atoms with Crippen molar-refractivity contribution in [2.24, 2.45) is 17.8 Å². The molecule has 3 fully saturated rings. The Labute approximate surface area is 217 Å². The van der Waals surface area contributed by atoms with Crippen molar-refractivity contribution in [1.82, 2.24) is 30.0 Å². The van der Waals surface area contributed by atoms with Crippen molar-refractivity contribution in [2.45, 2.75) is 38.6 Å². The van der Waals surface area contributed by atoms with Crippen LogP contribution in [0.3, 0.4) is 0 Å². The van der Waals surface area contributed by atoms with Crippen molar-refractivity contribution in [3.8, 4) is 5.75 Å². The van der Waals surface area contributed by atoms with E-state index in [0.717, 1.165) is 43.8 Å². The number of aromatic nitrogens is 4. The Balaban J connectivity index is 1.22. The molecule has 2 atom stereocenters. The lowest BCUT2D eigenvalue weighted by Crippen LogP contribution is -2.31. The minimum Gasteiger partial charge on any atom is -0.496 e. The van der Waals surface area contributed by atoms with Crippen LogP contribution in [-0.4, -0.2) is 70.4 Å². The predicted octanol–water partition coefficient (Wildman–Crippen LogP) is 2.75. The monoisotopic (exact) mass is 504 g/mol. The summed E-state index contributed by atoms with van der Waals surface area (Å²) in [6, 6.07) is 5.71. The highest BCUT2D eigenvalue weighted by atomic mass is 16.5. The van der Waals surface area contributed by atoms with Crippen molar-refractivity contribution in [2.75, 3.05) is 50.9 Å². The number of rotatable bonds is 7. The number of methoxy groups -OCH3 is 1. The molecule has 37 heavy (non-hydrogen) atoms. The molecular weight excluding hydrogens is 468 g/mol. The van der Waals surface area contributed by atoms with Gasteiger partial charge in [-0.25, -0.2) is 4.98 Å². The number of nitrogens with two attached hydrogens (primary N) is 1. The molecule has 2 aromatic heterocycles. The van der Waals surface area contributed by atoms with E-state index in [1.807, 2.05) is 27.8 Å². The number of hydrogen-bond acceptors (Lipinski definition) is 8. The first-order chi connectivity index (χ1) is 18.1. The van der Waals surface area contributed by atoms with Crippen LogP contribution in [0.1, 0.15) is 48.0 Å². The molecule has 2 saturated heterocycles. The number of anilines is 2. The summed E-state index contributed by atoms with van der Waals surface area (Å²) >= 11 is 0. The summed E-state index contributed by atoms with van der Waals surface area (Å²) in [5.41, 5.74) is 9.13. The number of nitrogens with one attached hydrogen (secondary N) is 2. The molecule has 10 nitrogen and oxygen atoms in total. The van der Waals surface area contributed by atoms with Crippen LogP contribution in [0.25, 0.3) is 11.0 Å². The lowest BCUT2D eigenvalue weighted by Gasteiger charge is -2.22. The summed E-state index contributed by atoms with van der Waals surface area (Å²) in [5, 5.41) is 11.6. The summed E-state index contributed by atoms with van der Waals surface area (Å²) in [6.07, 6.45) is 8.13. The zero-order valence-corrected chi connectivity index (χ0v) is 21.4. The third-order valence-corrected chi connectivity index (χ3v) is 8.32. The van der Waals surface area contributed by atoms with E-state index in [1.54, 1.807) is 13.3 Å². The van der Waals surface area contributed by atoms with E-state index < -0.39 is 0 Å². The van der Waals surface area contributed by atoms with Gasteiger partial charge in [-0.05, 0) is 42.7 Å². The average Bonchev–Trinajstić information content (AvgIpc) is 3.63. The molecule has 4 N–H and O–H groups in total. The van der Waals surface area contributed by atoms with Crippen LogP contribution in [0.2, 0.25) is 0 Å². The maximum atomic E-state index is 13.2. The Morgan fingerprint density at radius 1 is 1.16 bits per heavy atom. The first-order valence-electron chi connectivity index (χ1n) is 13.5. The van der Waals surface area contributed by atoms with Gasteiger partial charge in [0.25, 0.3) is 5.91 Å². The molecule has 6 rings (SSSR count). The Morgan fingerprint density at radius 2 is 1.95 bits per heavy atom. The van der Waals surface area contributed by atoms with Gasteiger partial charge in [0.15, 0.2) is 5.82 Å². The molecule has 196 valence electrons. The van der Waals surface area contributed by atoms with Crippen molar-refractivity contribution in [3.63, 3.8) is 0 Å². The quantitative estimate of drug-likeness (QED) is 0.449. The van der Waals surface area contributed by atoms with E-state index in [0.29, 0.717) is 46.9 Å². The van der Waals surface area contributed by atoms with Gasteiger partial charge in [0, 0.05) is 43.9 Å². The number of likely N-dealkylation sites (tertiary alicyclic amines) is 1. The van der Waals surface area contributed by atoms with E-state index >= 15 is 0 Å². The topological polar surface area (TPSA) is 123 Å². The predicted molar refractivity (Wildman–Crippen MR) is 143 cm³/mol. The normalized spacial score (nSPS) is 21.9. The molecule has 4 heterocycles. The van der Waals surface area contributed by atoms with Crippen LogP contribution >= 0.6 is 0 Å². The van der Waals surface area contributed by atoms with Crippen LogP contribution in [-0.2, 0) is 6.54 Å². The lowest BCUT2D eigenvalue weighted by atomic mass is 9.89. The molecular formula is C27H36N8O2. The summed E-state index contributed by atoms with van der Waals surface area (Å²) in [6.45, 7) is 4.97. The molecule has 1 amide bonds. The summed E-state index contributed by atoms with van der Waals surface area (Å²) in [7, 11) is 1.64. The SMILES string of the molecule is COc1cc(C(=O)N2C[C@H]3CNC[C@H]3C2)ccc1Cn1ncc2nc(N)nc(NCC3CCCCC3)c21. The number of hydrogen-bond donors (Lipinski definition) is 3. The summed E-state index contributed by atoms with van der Waals surface area (Å²) in [5.74, 6) is 3.47. The zero-order valence-electron chi connectivity index (χ0n) is 21.4. The minimum atomic E-state index is 0.0712. The van der Waals surface area contributed by atoms with Gasteiger partial charge in [0.2, 0.25) is 5.95 Å². The molecule has 0 bridgehead atoms. The van der Waals surface area contributed by atoms with Crippen LogP contribution in [0.15, 0.2) is 24.4 Å². The molecule has 0 unspecified atom stereocenters. The van der Waals surface area contributed by atoms with Crippen molar-refractivity contribution < 1.29 is 9.53 Å². The van der Waals surface area contributed by atoms with E-state index in [-0.39, 0.29) is 11.9 Å². The fourth-order valence-electron chi connectivity index (χ4n) is 6.27. The molecule has 0 radical (unpaired) electrons. The second-order valence-corrected chi connectivity index (χ2v) is 10.8. The first-order valence-corrected chi connectivity index (χ1v) is 13.5. The standard InChI is InChI=1S/C27H36N8O2/c1-37-23-9-18(26(36)34-14-20-11-29-12-21(20)15-34)7-8-19(23)16-35-24-22(13-31-35)32-27(28)33-25(24)30-10-17-5-3-2-4-6-17/h7-9,13,17,20-21,29H,2-6,10-12,14-16H2,1H3,(H3,28,30,32,33)/t20-,21+. The summed E-state index contributed by atoms with van der Waals surface area (Å²) in [4.78, 5) is 24.1. The number of carbonyl (C=O) groups is 1. The minimum absolute atomic E-state index is 0.0712. The Hall–Kier alpha value is -3.40. The fraction of sp³-hybridized carbons (Fsp3) is 0.556. The smallest absolute Gasteiger partial charge is 0.254 e. The second-order valence-electron chi connectivity index (χ2n) is 10.8. The van der Waals surface area contributed by atoms with Gasteiger partial charge in [0.1, 0.15) is 16.8 Å². The average molecular weight is 505 g/mol. The molecule has 10 heteroatoms. The van der Waals surface area contributed by atoms with Crippen molar-refractivity contribution in [1.29, 1.82) is 0 Å². The van der Waals surface area contributed by atoms with E-state index in [4.69, 9.17) is 10.5 Å². The van der Waals surface area contributed by atoms with Crippen LogP contribution < -0.4 is 21.1 Å². The van der Waals surface area contributed by atoms with Crippen molar-refractivity contribution in [3.05, 3.63) is 35.5 Å². The van der Waals surface area contributed by atoms with Gasteiger partial charge < -0.3 is 26.0 Å². The highest BCUT2D eigenvalue weighted by Crippen LogP contribution is 2.30. The Bertz CT molecular complexity index is 1270. The number of benzene rings is 1. The Kier molecular flexibility index (Phi) is 6.58. The molecule has 1 saturated carbocycles. The van der Waals surface area contributed by atoms with Gasteiger partial charge in [0.05, 0.1) is 19.9 Å². The van der Waals surface area contributed by atoms with Crippen LogP contribution in [0, 0.1) is 17.8 Å². The number of ether oxygens (including phenoxy) is 1. The molecule has 2 aliphatic heterocycles. The van der Waals surface area contributed by atoms with Crippen LogP contribution in [0.5, 0.6) is 5.75 Å². The van der Waals surface area contributed by atoms with Gasteiger partial charge in [-0.15, -0.1) is 0 Å². The number of nitrogen functional groups attached to an aromatic ring is 1. The number of nitrogens with zero attached hydrogens (tertiary/aromatic N) is 5. The number of fused-ring (bicyclic) bond motifs is 2. The third kappa shape index (κ3) is 4.82. The molecule has 0 spiro atoms. The van der Waals surface area contributed by atoms with Gasteiger partial charge in [-0.2, -0.15) is 10.1 Å². The van der Waals surface area contributed by atoms with Gasteiger partial charge >= 0.3 is 0 Å². The molecule has 3 aromatic rings. The van der Waals surface area contributed by atoms with Gasteiger partial charge in [-0.3, -0.25) is 9.48 Å². The lowest BCUT2D eigenvalue weighted by molar-refractivity contribution is 0.0781. The molecule has 1 aromatic carbocycles. The molecule has 1 aliphatic carbocycles. The largest absolute Gasteiger partial charge is 0.496 e. The Morgan fingerprint density at radius 3 is 2.70 bits per heavy atom. The van der Waals surface area contributed by atoms with E-state index in [2.05, 4.69) is 25.7 Å². The first kappa shape index (κ1) is 24.0. The van der Waals surface area contributed by atoms with Crippen molar-refractivity contribution >= 4 is 28.7 Å². The number of amides is 1. The maximum absolute atomic E-state index is 13.2. The maximum Gasteiger partial charge on any atom is 0.254 e. The third-order valence-electron chi connectivity index (χ3n) is 8.32. The fourth-order valence-corrected chi connectivity index (χ4v) is 6.27. The molecule has 3 aliphatic rings. The van der Waals surface area contributed by atoms with E-state index in [1.165, 1.54) is 32.1 Å². The number of carbonyl (C=O) groups excluding carboxylic acids is 1. The van der Waals surface area contributed by atoms with Gasteiger partial charge in [-0.1, -0.05) is 25.3 Å². The highest BCUT2D eigenvalue weighted by Gasteiger charge is 2.38. The second kappa shape index (κ2) is 10.2. The summed E-state index contributed by atoms with van der Waals surface area (Å²) < 4.78 is 7.60. The highest BCUT2D eigenvalue weighted by molar-refractivity contribution is 5.95. The van der Waals surface area contributed by atoms with E-state index in [9.17, 15) is 4.79 Å². The van der Waals surface area contributed by atoms with Crippen LogP contribution in [0.4, 0.5) is 11.8 Å². The zero-order chi connectivity index (χ0) is 25.4.